The van der Waals surface area contributed by atoms with Gasteiger partial charge in [0.15, 0.2) is 0 Å². The van der Waals surface area contributed by atoms with Gasteiger partial charge in [0.2, 0.25) is 5.88 Å². The molecule has 0 atom stereocenters. The Balaban J connectivity index is 1.93. The number of piperidine rings is 1. The van der Waals surface area contributed by atoms with Crippen LogP contribution in [-0.2, 0) is 4.74 Å². The first kappa shape index (κ1) is 22.0. The summed E-state index contributed by atoms with van der Waals surface area (Å²) in [7, 11) is 1.43. The van der Waals surface area contributed by atoms with Gasteiger partial charge in [0.25, 0.3) is 0 Å². The molecule has 1 aliphatic rings. The number of nitrogens with zero attached hydrogens (tertiary/aromatic N) is 2. The number of hydrogen-bond donors (Lipinski definition) is 0. The zero-order valence-electron chi connectivity index (χ0n) is 17.7. The van der Waals surface area contributed by atoms with Gasteiger partial charge in [-0.15, -0.1) is 11.6 Å². The normalized spacial score (nSPS) is 15.7. The van der Waals surface area contributed by atoms with Crippen LogP contribution in [0.15, 0.2) is 24.3 Å². The maximum Gasteiger partial charge on any atom is 0.344 e. The summed E-state index contributed by atoms with van der Waals surface area (Å²) < 4.78 is 13.6. The van der Waals surface area contributed by atoms with E-state index in [1.165, 1.54) is 26.5 Å². The molecule has 0 bridgehead atoms. The van der Waals surface area contributed by atoms with E-state index in [9.17, 15) is 4.79 Å². The zero-order valence-corrected chi connectivity index (χ0v) is 18.4. The summed E-state index contributed by atoms with van der Waals surface area (Å²) in [6.07, 6.45) is 6.35. The number of rotatable bonds is 10. The molecule has 3 rings (SSSR count). The largest absolute Gasteiger partial charge is 0.478 e. The highest BCUT2D eigenvalue weighted by Gasteiger charge is 2.30. The highest BCUT2D eigenvalue weighted by Crippen LogP contribution is 2.39. The molecule has 0 N–H and O–H groups in total. The minimum atomic E-state index is -0.340. The second-order valence-corrected chi connectivity index (χ2v) is 8.11. The van der Waals surface area contributed by atoms with Crippen LogP contribution in [0.25, 0.3) is 10.9 Å². The number of fused-ring (bicyclic) bond motifs is 1. The summed E-state index contributed by atoms with van der Waals surface area (Å²) in [4.78, 5) is 15.2. The lowest BCUT2D eigenvalue weighted by Gasteiger charge is -2.33. The molecule has 0 radical (unpaired) electrons. The Labute approximate surface area is 178 Å². The lowest BCUT2D eigenvalue weighted by atomic mass is 10.0. The molecular formula is C23H33ClN2O3. The van der Waals surface area contributed by atoms with Crippen molar-refractivity contribution in [1.82, 2.24) is 9.47 Å². The van der Waals surface area contributed by atoms with Crippen molar-refractivity contribution in [3.05, 3.63) is 29.8 Å². The molecule has 1 saturated heterocycles. The Bertz CT molecular complexity index is 797. The fraction of sp³-hybridized carbons (Fsp3) is 0.609. The first-order valence-corrected chi connectivity index (χ1v) is 11.4. The van der Waals surface area contributed by atoms with Gasteiger partial charge in [-0.05, 0) is 44.7 Å². The molecule has 160 valence electrons. The van der Waals surface area contributed by atoms with Crippen molar-refractivity contribution in [3.8, 4) is 5.88 Å². The maximum absolute atomic E-state index is 12.7. The first-order chi connectivity index (χ1) is 14.2. The minimum absolute atomic E-state index is 0.319. The Morgan fingerprint density at radius 1 is 1.17 bits per heavy atom. The van der Waals surface area contributed by atoms with Crippen molar-refractivity contribution in [1.29, 1.82) is 0 Å². The monoisotopic (exact) mass is 420 g/mol. The fourth-order valence-electron chi connectivity index (χ4n) is 4.19. The van der Waals surface area contributed by atoms with Crippen LogP contribution < -0.4 is 4.74 Å². The topological polar surface area (TPSA) is 43.7 Å². The molecule has 0 amide bonds. The van der Waals surface area contributed by atoms with E-state index < -0.39 is 0 Å². The quantitative estimate of drug-likeness (QED) is 0.298. The van der Waals surface area contributed by atoms with Gasteiger partial charge < -0.3 is 18.9 Å². The van der Waals surface area contributed by atoms with Crippen molar-refractivity contribution in [2.45, 2.75) is 51.5 Å². The number of alkyl halides is 1. The van der Waals surface area contributed by atoms with Crippen molar-refractivity contribution in [2.24, 2.45) is 0 Å². The highest BCUT2D eigenvalue weighted by molar-refractivity contribution is 6.17. The van der Waals surface area contributed by atoms with Gasteiger partial charge in [-0.3, -0.25) is 0 Å². The maximum atomic E-state index is 12.7. The summed E-state index contributed by atoms with van der Waals surface area (Å²) in [6.45, 7) is 6.11. The van der Waals surface area contributed by atoms with Crippen LogP contribution in [0.1, 0.15) is 61.8 Å². The molecule has 2 heterocycles. The fourth-order valence-corrected chi connectivity index (χ4v) is 4.38. The van der Waals surface area contributed by atoms with Gasteiger partial charge in [-0.25, -0.2) is 4.79 Å². The third-order valence-electron chi connectivity index (χ3n) is 5.77. The van der Waals surface area contributed by atoms with Crippen LogP contribution in [0.3, 0.4) is 0 Å². The van der Waals surface area contributed by atoms with Crippen molar-refractivity contribution in [2.75, 3.05) is 39.2 Å². The summed E-state index contributed by atoms with van der Waals surface area (Å²) in [5.41, 5.74) is 1.59. The lowest BCUT2D eigenvalue weighted by molar-refractivity contribution is 0.0596. The van der Waals surface area contributed by atoms with Crippen molar-refractivity contribution >= 4 is 28.5 Å². The Morgan fingerprint density at radius 2 is 1.93 bits per heavy atom. The number of methoxy groups -OCH3 is 1. The van der Waals surface area contributed by atoms with Crippen molar-refractivity contribution < 1.29 is 14.3 Å². The molecule has 0 aliphatic carbocycles. The molecule has 5 nitrogen and oxygen atoms in total. The number of aromatic nitrogens is 1. The number of unbranched alkanes of at least 4 members (excludes halogenated alkanes) is 2. The number of ether oxygens (including phenoxy) is 2. The predicted octanol–water partition coefficient (Wildman–Crippen LogP) is 5.26. The lowest BCUT2D eigenvalue weighted by Crippen LogP contribution is -2.35. The molecule has 0 spiro atoms. The smallest absolute Gasteiger partial charge is 0.344 e. The van der Waals surface area contributed by atoms with Gasteiger partial charge in [0.1, 0.15) is 5.56 Å². The number of halogens is 1. The van der Waals surface area contributed by atoms with Gasteiger partial charge in [-0.1, -0.05) is 31.5 Å². The number of hydrogen-bond acceptors (Lipinski definition) is 4. The molecule has 1 aromatic carbocycles. The van der Waals surface area contributed by atoms with E-state index in [-0.39, 0.29) is 5.97 Å². The van der Waals surface area contributed by atoms with E-state index in [4.69, 9.17) is 21.1 Å². The summed E-state index contributed by atoms with van der Waals surface area (Å²) >= 11 is 5.81. The summed E-state index contributed by atoms with van der Waals surface area (Å²) in [6, 6.07) is 8.37. The Hall–Kier alpha value is -1.72. The van der Waals surface area contributed by atoms with E-state index in [1.54, 1.807) is 0 Å². The van der Waals surface area contributed by atoms with Gasteiger partial charge in [0.05, 0.1) is 19.2 Å². The Kier molecular flexibility index (Phi) is 8.25. The molecule has 0 unspecified atom stereocenters. The molecule has 2 aromatic rings. The van der Waals surface area contributed by atoms with E-state index >= 15 is 0 Å². The van der Waals surface area contributed by atoms with Gasteiger partial charge in [0, 0.05) is 30.4 Å². The molecule has 1 aliphatic heterocycles. The number of para-hydroxylation sites is 1. The van der Waals surface area contributed by atoms with Crippen LogP contribution >= 0.6 is 11.6 Å². The summed E-state index contributed by atoms with van der Waals surface area (Å²) in [5.74, 6) is 0.930. The second kappa shape index (κ2) is 10.9. The molecule has 29 heavy (non-hydrogen) atoms. The Morgan fingerprint density at radius 3 is 2.62 bits per heavy atom. The molecule has 1 fully saturated rings. The van der Waals surface area contributed by atoms with E-state index in [0.29, 0.717) is 30.0 Å². The van der Waals surface area contributed by atoms with Crippen LogP contribution in [0.5, 0.6) is 5.88 Å². The predicted molar refractivity (Wildman–Crippen MR) is 118 cm³/mol. The molecule has 6 heteroatoms. The van der Waals surface area contributed by atoms with Gasteiger partial charge in [-0.2, -0.15) is 0 Å². The third-order valence-corrected chi connectivity index (χ3v) is 6.04. The summed E-state index contributed by atoms with van der Waals surface area (Å²) in [5, 5.41) is 0.903. The average Bonchev–Trinajstić information content (AvgIpc) is 3.09. The minimum Gasteiger partial charge on any atom is -0.478 e. The zero-order chi connectivity index (χ0) is 20.6. The molecule has 0 saturated carbocycles. The first-order valence-electron chi connectivity index (χ1n) is 10.8. The number of carbonyl (C=O) groups excluding carboxylic acids is 1. The highest BCUT2D eigenvalue weighted by atomic mass is 35.5. The van der Waals surface area contributed by atoms with Gasteiger partial charge >= 0.3 is 5.97 Å². The van der Waals surface area contributed by atoms with E-state index in [2.05, 4.69) is 22.5 Å². The van der Waals surface area contributed by atoms with E-state index in [0.717, 1.165) is 49.7 Å². The van der Waals surface area contributed by atoms with Crippen LogP contribution in [0.2, 0.25) is 0 Å². The standard InChI is InChI=1S/C23H33ClN2O3/c1-3-4-14-25-15-11-18(12-16-25)26-20-10-6-5-9-19(20)21(23(27)28-2)22(26)29-17-8-7-13-24/h5-6,9-10,18H,3-4,7-8,11-17H2,1-2H3. The van der Waals surface area contributed by atoms with E-state index in [1.807, 2.05) is 18.2 Å². The van der Waals surface area contributed by atoms with Crippen molar-refractivity contribution in [3.63, 3.8) is 0 Å². The number of benzene rings is 1. The van der Waals surface area contributed by atoms with Crippen LogP contribution in [0.4, 0.5) is 0 Å². The number of esters is 1. The van der Waals surface area contributed by atoms with Crippen LogP contribution in [0, 0.1) is 0 Å². The average molecular weight is 421 g/mol. The molecule has 1 aromatic heterocycles. The third kappa shape index (κ3) is 5.07. The SMILES string of the molecule is CCCCN1CCC(n2c(OCCCCCl)c(C(=O)OC)c3ccccc32)CC1. The number of carbonyl (C=O) groups is 1. The second-order valence-electron chi connectivity index (χ2n) is 7.73. The number of likely N-dealkylation sites (tertiary alicyclic amines) is 1. The van der Waals surface area contributed by atoms with Crippen LogP contribution in [-0.4, -0.2) is 54.7 Å². The molecular weight excluding hydrogens is 388 g/mol.